The van der Waals surface area contributed by atoms with E-state index >= 15 is 0 Å². The van der Waals surface area contributed by atoms with Gasteiger partial charge in [-0.3, -0.25) is 4.90 Å². The van der Waals surface area contributed by atoms with Gasteiger partial charge in [0.25, 0.3) is 0 Å². The first-order valence-corrected chi connectivity index (χ1v) is 12.8. The third-order valence-electron chi connectivity index (χ3n) is 8.42. The molecule has 0 bridgehead atoms. The third kappa shape index (κ3) is 3.60. The highest BCUT2D eigenvalue weighted by Crippen LogP contribution is 2.59. The molecule has 2 fully saturated rings. The van der Waals surface area contributed by atoms with Crippen molar-refractivity contribution in [1.29, 1.82) is 0 Å². The molecule has 4 atom stereocenters. The molecule has 3 heterocycles. The minimum absolute atomic E-state index is 0.0549. The summed E-state index contributed by atoms with van der Waals surface area (Å²) in [6.07, 6.45) is 2.48. The molecule has 1 spiro atoms. The highest BCUT2D eigenvalue weighted by atomic mass is 16.8. The molecule has 36 heavy (non-hydrogen) atoms. The maximum absolute atomic E-state index is 13.2. The van der Waals surface area contributed by atoms with Crippen LogP contribution in [0, 0.1) is 5.92 Å². The normalized spacial score (nSPS) is 31.0. The molecule has 0 saturated carbocycles. The molecule has 4 aliphatic rings. The Morgan fingerprint density at radius 1 is 1.17 bits per heavy atom. The van der Waals surface area contributed by atoms with Gasteiger partial charge in [-0.25, -0.2) is 9.59 Å². The number of carbonyl (C=O) groups excluding carboxylic acids is 2. The number of para-hydroxylation sites is 1. The van der Waals surface area contributed by atoms with Gasteiger partial charge in [0.1, 0.15) is 12.2 Å². The van der Waals surface area contributed by atoms with Gasteiger partial charge in [-0.05, 0) is 62.3 Å². The lowest BCUT2D eigenvalue weighted by Gasteiger charge is -2.55. The zero-order valence-corrected chi connectivity index (χ0v) is 20.8. The quantitative estimate of drug-likeness (QED) is 0.607. The molecule has 2 saturated heterocycles. The minimum Gasteiger partial charge on any atom is -0.466 e. The molecule has 2 aromatic carbocycles. The Bertz CT molecular complexity index is 1230. The van der Waals surface area contributed by atoms with Crippen LogP contribution < -0.4 is 5.32 Å². The molecule has 0 radical (unpaired) electrons. The van der Waals surface area contributed by atoms with Crippen LogP contribution >= 0.6 is 0 Å². The van der Waals surface area contributed by atoms with Crippen LogP contribution in [0.4, 0.5) is 10.5 Å². The highest BCUT2D eigenvalue weighted by molar-refractivity contribution is 5.92. The second-order valence-electron chi connectivity index (χ2n) is 10.8. The van der Waals surface area contributed by atoms with Crippen LogP contribution in [0.2, 0.25) is 0 Å². The summed E-state index contributed by atoms with van der Waals surface area (Å²) in [7, 11) is 1.45. The second kappa shape index (κ2) is 8.66. The molecule has 1 N–H and O–H groups in total. The Balaban J connectivity index is 1.50. The summed E-state index contributed by atoms with van der Waals surface area (Å²) in [5.74, 6) is -0.238. The van der Waals surface area contributed by atoms with E-state index in [9.17, 15) is 9.59 Å². The fourth-order valence-corrected chi connectivity index (χ4v) is 7.22. The third-order valence-corrected chi connectivity index (χ3v) is 8.42. The topological polar surface area (TPSA) is 77.1 Å². The molecule has 1 aliphatic carbocycles. The van der Waals surface area contributed by atoms with Gasteiger partial charge in [-0.2, -0.15) is 0 Å². The van der Waals surface area contributed by atoms with E-state index in [-0.39, 0.29) is 30.0 Å². The van der Waals surface area contributed by atoms with Crippen LogP contribution in [0.15, 0.2) is 65.9 Å². The van der Waals surface area contributed by atoms with E-state index < -0.39 is 11.8 Å². The number of hydrogen-bond donors (Lipinski definition) is 1. The standard InChI is InChI=1S/C29H32N2O5/c1-28(18-35-27(33)36-28)16-20-15-21(26(32)34-2)24-29(22-11-6-7-12-23(22)30-24)13-8-14-31(25(20)29)17-19-9-4-3-5-10-19/h3-7,9-12,20,25,30H,8,13-18H2,1-2H3/t20-,25-,28-,29-/m0/s1. The summed E-state index contributed by atoms with van der Waals surface area (Å²) in [6, 6.07) is 19.1. The van der Waals surface area contributed by atoms with Crippen molar-refractivity contribution in [2.75, 3.05) is 25.6 Å². The Morgan fingerprint density at radius 2 is 1.94 bits per heavy atom. The molecule has 0 amide bonds. The summed E-state index contributed by atoms with van der Waals surface area (Å²) >= 11 is 0. The number of nitrogens with zero attached hydrogens (tertiary/aromatic N) is 1. The van der Waals surface area contributed by atoms with Crippen molar-refractivity contribution in [2.24, 2.45) is 5.92 Å². The first kappa shape index (κ1) is 23.1. The van der Waals surface area contributed by atoms with E-state index in [2.05, 4.69) is 52.7 Å². The Labute approximate surface area is 211 Å². The van der Waals surface area contributed by atoms with Crippen molar-refractivity contribution in [2.45, 2.75) is 56.2 Å². The lowest BCUT2D eigenvalue weighted by molar-refractivity contribution is -0.137. The molecular weight excluding hydrogens is 456 g/mol. The van der Waals surface area contributed by atoms with Gasteiger partial charge >= 0.3 is 12.1 Å². The number of esters is 1. The predicted octanol–water partition coefficient (Wildman–Crippen LogP) is 4.78. The van der Waals surface area contributed by atoms with Gasteiger partial charge in [0.05, 0.1) is 18.1 Å². The number of ether oxygens (including phenoxy) is 3. The number of likely N-dealkylation sites (tertiary alicyclic amines) is 1. The minimum atomic E-state index is -0.733. The van der Waals surface area contributed by atoms with Crippen LogP contribution in [-0.4, -0.2) is 48.9 Å². The number of hydrogen-bond acceptors (Lipinski definition) is 7. The van der Waals surface area contributed by atoms with Gasteiger partial charge < -0.3 is 19.5 Å². The van der Waals surface area contributed by atoms with Crippen LogP contribution in [0.5, 0.6) is 0 Å². The molecule has 0 aromatic heterocycles. The number of rotatable bonds is 5. The number of cyclic esters (lactones) is 2. The lowest BCUT2D eigenvalue weighted by atomic mass is 9.57. The first-order chi connectivity index (χ1) is 17.4. The maximum atomic E-state index is 13.2. The zero-order valence-electron chi connectivity index (χ0n) is 20.8. The Kier molecular flexibility index (Phi) is 5.56. The van der Waals surface area contributed by atoms with E-state index in [1.807, 2.05) is 19.1 Å². The highest BCUT2D eigenvalue weighted by Gasteiger charge is 2.60. The van der Waals surface area contributed by atoms with Crippen molar-refractivity contribution in [3.63, 3.8) is 0 Å². The van der Waals surface area contributed by atoms with Gasteiger partial charge in [-0.15, -0.1) is 0 Å². The van der Waals surface area contributed by atoms with E-state index in [1.54, 1.807) is 0 Å². The smallest absolute Gasteiger partial charge is 0.466 e. The zero-order chi connectivity index (χ0) is 24.9. The number of methoxy groups -OCH3 is 1. The van der Waals surface area contributed by atoms with Crippen LogP contribution in [0.1, 0.15) is 43.7 Å². The first-order valence-electron chi connectivity index (χ1n) is 12.8. The maximum Gasteiger partial charge on any atom is 0.509 e. The largest absolute Gasteiger partial charge is 0.509 e. The van der Waals surface area contributed by atoms with Gasteiger partial charge in [0.15, 0.2) is 0 Å². The Hall–Kier alpha value is -3.32. The van der Waals surface area contributed by atoms with E-state index in [4.69, 9.17) is 14.2 Å². The van der Waals surface area contributed by atoms with Gasteiger partial charge in [0.2, 0.25) is 0 Å². The molecule has 0 unspecified atom stereocenters. The lowest BCUT2D eigenvalue weighted by Crippen LogP contribution is -2.61. The van der Waals surface area contributed by atoms with Crippen molar-refractivity contribution < 1.29 is 23.8 Å². The van der Waals surface area contributed by atoms with Gasteiger partial charge in [-0.1, -0.05) is 48.5 Å². The van der Waals surface area contributed by atoms with E-state index in [0.717, 1.165) is 37.3 Å². The van der Waals surface area contributed by atoms with Crippen LogP contribution in [0.25, 0.3) is 0 Å². The van der Waals surface area contributed by atoms with Crippen molar-refractivity contribution >= 4 is 17.8 Å². The number of fused-ring (bicyclic) bond motifs is 1. The fraction of sp³-hybridized carbons (Fsp3) is 0.448. The average molecular weight is 489 g/mol. The molecule has 7 heteroatoms. The van der Waals surface area contributed by atoms with E-state index in [0.29, 0.717) is 18.4 Å². The Morgan fingerprint density at radius 3 is 2.69 bits per heavy atom. The van der Waals surface area contributed by atoms with E-state index in [1.165, 1.54) is 18.2 Å². The predicted molar refractivity (Wildman–Crippen MR) is 134 cm³/mol. The SMILES string of the molecule is COC(=O)C1=C2Nc3ccccc3[C@@]23CCCN(Cc2ccccc2)[C@H]3[C@H](C[C@@]2(C)COC(=O)O2)C1. The van der Waals surface area contributed by atoms with Gasteiger partial charge in [0, 0.05) is 24.0 Å². The average Bonchev–Trinajstić information content (AvgIpc) is 3.40. The summed E-state index contributed by atoms with van der Waals surface area (Å²) in [5.41, 5.74) is 4.14. The summed E-state index contributed by atoms with van der Waals surface area (Å²) in [5, 5.41) is 3.65. The fourth-order valence-electron chi connectivity index (χ4n) is 7.22. The number of nitrogens with one attached hydrogen (secondary N) is 1. The summed E-state index contributed by atoms with van der Waals surface area (Å²) in [4.78, 5) is 27.7. The number of anilines is 1. The number of piperidine rings is 1. The molecule has 7 nitrogen and oxygen atoms in total. The molecule has 2 aromatic rings. The van der Waals surface area contributed by atoms with Crippen molar-refractivity contribution in [3.05, 3.63) is 77.0 Å². The molecule has 6 rings (SSSR count). The molecule has 188 valence electrons. The monoisotopic (exact) mass is 488 g/mol. The number of carbonyl (C=O) groups is 2. The second-order valence-corrected chi connectivity index (χ2v) is 10.8. The molecular formula is C29H32N2O5. The van der Waals surface area contributed by atoms with Crippen molar-refractivity contribution in [3.8, 4) is 0 Å². The summed E-state index contributed by atoms with van der Waals surface area (Å²) in [6.45, 7) is 3.94. The summed E-state index contributed by atoms with van der Waals surface area (Å²) < 4.78 is 16.2. The van der Waals surface area contributed by atoms with Crippen LogP contribution in [-0.2, 0) is 31.0 Å². The number of benzene rings is 2. The van der Waals surface area contributed by atoms with Crippen LogP contribution in [0.3, 0.4) is 0 Å². The molecule has 3 aliphatic heterocycles. The van der Waals surface area contributed by atoms with Crippen molar-refractivity contribution in [1.82, 2.24) is 4.90 Å².